The molecule has 3 aliphatic carbocycles. The molecule has 0 bridgehead atoms. The molecule has 0 radical (unpaired) electrons. The summed E-state index contributed by atoms with van der Waals surface area (Å²) in [6, 6.07) is 158. The molecule has 18 aromatic carbocycles. The molecule has 1 heterocycles. The quantitative estimate of drug-likeness (QED) is 0.0958. The van der Waals surface area contributed by atoms with Crippen LogP contribution in [0.5, 0.6) is 0 Å². The van der Waals surface area contributed by atoms with Gasteiger partial charge in [-0.3, -0.25) is 0 Å². The van der Waals surface area contributed by atoms with Gasteiger partial charge in [-0.25, -0.2) is 0 Å². The lowest BCUT2D eigenvalue weighted by molar-refractivity contribution is 0.660. The molecule has 0 unspecified atom stereocenters. The summed E-state index contributed by atoms with van der Waals surface area (Å²) in [5, 5.41) is 2.48. The van der Waals surface area contributed by atoms with Crippen LogP contribution < -0.4 is 14.7 Å². The molecule has 0 N–H and O–H groups in total. The maximum atomic E-state index is 2.43. The average Bonchev–Trinajstić information content (AvgIpc) is 1.57. The number of hydrogen-bond donors (Lipinski definition) is 0. The van der Waals surface area contributed by atoms with Gasteiger partial charge in [0.25, 0.3) is 0 Å². The van der Waals surface area contributed by atoms with Crippen LogP contribution in [0, 0.1) is 0 Å². The first-order valence-corrected chi connectivity index (χ1v) is 42.3. The predicted molar refractivity (Wildman–Crippen MR) is 510 cm³/mol. The van der Waals surface area contributed by atoms with Crippen molar-refractivity contribution in [1.29, 1.82) is 0 Å². The molecule has 0 saturated carbocycles. The Balaban J connectivity index is 0.556. The lowest BCUT2D eigenvalue weighted by Crippen LogP contribution is -2.16. The molecule has 3 aliphatic rings. The molecule has 576 valence electrons. The van der Waals surface area contributed by atoms with Gasteiger partial charge in [0.05, 0.1) is 11.0 Å². The van der Waals surface area contributed by atoms with Crippen LogP contribution in [0.1, 0.15) is 74.9 Å². The van der Waals surface area contributed by atoms with Crippen molar-refractivity contribution in [3.05, 3.63) is 458 Å². The molecule has 0 saturated heterocycles. The Kier molecular flexibility index (Phi) is 17.3. The van der Waals surface area contributed by atoms with Gasteiger partial charge in [0.15, 0.2) is 0 Å². The highest BCUT2D eigenvalue weighted by atomic mass is 15.2. The summed E-state index contributed by atoms with van der Waals surface area (Å²) in [6.45, 7) is 14.2. The van der Waals surface area contributed by atoms with E-state index in [1.165, 1.54) is 111 Å². The van der Waals surface area contributed by atoms with Crippen LogP contribution in [0.3, 0.4) is 0 Å². The van der Waals surface area contributed by atoms with Crippen molar-refractivity contribution >= 4 is 73.0 Å². The summed E-state index contributed by atoms with van der Waals surface area (Å²) in [5.41, 5.74) is 42.9. The van der Waals surface area contributed by atoms with Gasteiger partial charge in [-0.05, 0) is 285 Å². The van der Waals surface area contributed by atoms with Crippen LogP contribution in [0.4, 0.5) is 51.2 Å². The third-order valence-corrected chi connectivity index (χ3v) is 26.4. The molecule has 0 amide bonds. The second-order valence-corrected chi connectivity index (χ2v) is 34.4. The molecule has 121 heavy (non-hydrogen) atoms. The average molecular weight is 1550 g/mol. The molecule has 0 fully saturated rings. The van der Waals surface area contributed by atoms with E-state index in [1.807, 2.05) is 0 Å². The molecular formula is C117H88N4. The number of benzene rings is 18. The van der Waals surface area contributed by atoms with Crippen molar-refractivity contribution < 1.29 is 0 Å². The van der Waals surface area contributed by atoms with E-state index in [0.717, 1.165) is 101 Å². The first-order chi connectivity index (χ1) is 59.2. The van der Waals surface area contributed by atoms with E-state index < -0.39 is 0 Å². The van der Waals surface area contributed by atoms with E-state index in [2.05, 4.69) is 485 Å². The Morgan fingerprint density at radius 1 is 0.165 bits per heavy atom. The van der Waals surface area contributed by atoms with Crippen molar-refractivity contribution in [2.75, 3.05) is 14.7 Å². The van der Waals surface area contributed by atoms with E-state index in [4.69, 9.17) is 0 Å². The zero-order chi connectivity index (χ0) is 81.2. The SMILES string of the molecule is CC1(C)c2ccccc2-c2ccc(N(c3ccc(-c4ccccc4)cc3)c3ccc(-c4ccc(N(c5ccc(-c6cccc(-c7cccc(-c8ccc(N(c9ccc(-c%10ccc%11c(c%10)c%10ccccc%10n%11-c%10ccccc%10)cc9)c9ccc%10c(c9)C(C)(C)c9ccccc9-%10)cc8)c7)c6)cc5)c5ccc6c(c5)C(C)(C)c5ccccc5-6)cc4)cc3)cc21. The molecule has 22 rings (SSSR count). The van der Waals surface area contributed by atoms with E-state index in [1.54, 1.807) is 0 Å². The van der Waals surface area contributed by atoms with Crippen molar-refractivity contribution in [2.45, 2.75) is 57.8 Å². The highest BCUT2D eigenvalue weighted by Gasteiger charge is 2.39. The molecule has 1 aromatic heterocycles. The Morgan fingerprint density at radius 2 is 0.413 bits per heavy atom. The maximum Gasteiger partial charge on any atom is 0.0541 e. The summed E-state index contributed by atoms with van der Waals surface area (Å²) < 4.78 is 2.38. The molecule has 4 heteroatoms. The van der Waals surface area contributed by atoms with Gasteiger partial charge in [0.1, 0.15) is 0 Å². The first-order valence-electron chi connectivity index (χ1n) is 42.3. The molecule has 0 atom stereocenters. The zero-order valence-corrected chi connectivity index (χ0v) is 68.7. The minimum Gasteiger partial charge on any atom is -0.310 e. The van der Waals surface area contributed by atoms with Crippen molar-refractivity contribution in [3.8, 4) is 106 Å². The van der Waals surface area contributed by atoms with Crippen LogP contribution in [0.15, 0.2) is 425 Å². The Hall–Kier alpha value is -14.8. The highest BCUT2D eigenvalue weighted by molar-refractivity contribution is 6.11. The standard InChI is InChI=1S/C117H88N4/c1-115(2)107-35-17-13-31-99(107)102-67-64-96(74-110(102)115)118(90-52-39-78(40-53-90)77-23-9-7-10-24-77)91-54-41-79(42-55-91)80-43-56-92(57-44-80)119(97-65-68-103-100-32-14-18-36-108(100)116(3,4)111(103)75-97)93-58-45-81(46-59-93)84-25-21-27-86(71-84)87-28-22-26-85(72-87)82-47-60-94(61-48-82)120(98-66-69-104-101-33-15-19-37-109(101)117(5,6)112(104)76-98)95-62-49-83(50-63-95)88-51-70-114-106(73-88)105-34-16-20-38-113(105)121(114)89-29-11-8-12-30-89/h7-76H,1-6H3. The van der Waals surface area contributed by atoms with Crippen LogP contribution in [-0.4, -0.2) is 4.57 Å². The smallest absolute Gasteiger partial charge is 0.0541 e. The van der Waals surface area contributed by atoms with E-state index in [0.29, 0.717) is 0 Å². The van der Waals surface area contributed by atoms with Crippen LogP contribution in [0.2, 0.25) is 0 Å². The summed E-state index contributed by atoms with van der Waals surface area (Å²) in [5.74, 6) is 0. The lowest BCUT2D eigenvalue weighted by atomic mass is 9.82. The number of rotatable bonds is 16. The first kappa shape index (κ1) is 72.6. The third-order valence-electron chi connectivity index (χ3n) is 26.4. The molecule has 0 spiro atoms. The van der Waals surface area contributed by atoms with E-state index in [-0.39, 0.29) is 16.2 Å². The van der Waals surface area contributed by atoms with Gasteiger partial charge < -0.3 is 19.3 Å². The topological polar surface area (TPSA) is 14.7 Å². The van der Waals surface area contributed by atoms with Gasteiger partial charge >= 0.3 is 0 Å². The summed E-state index contributed by atoms with van der Waals surface area (Å²) in [4.78, 5) is 7.27. The van der Waals surface area contributed by atoms with Gasteiger partial charge in [-0.2, -0.15) is 0 Å². The number of nitrogens with zero attached hydrogens (tertiary/aromatic N) is 4. The Morgan fingerprint density at radius 3 is 0.777 bits per heavy atom. The molecular weight excluding hydrogens is 1460 g/mol. The fraction of sp³-hybridized carbons (Fsp3) is 0.0769. The van der Waals surface area contributed by atoms with Crippen molar-refractivity contribution in [1.82, 2.24) is 4.57 Å². The summed E-state index contributed by atoms with van der Waals surface area (Å²) >= 11 is 0. The van der Waals surface area contributed by atoms with Gasteiger partial charge in [0, 0.05) is 83.9 Å². The monoisotopic (exact) mass is 1550 g/mol. The number of anilines is 9. The molecule has 19 aromatic rings. The number of fused-ring (bicyclic) bond motifs is 12. The van der Waals surface area contributed by atoms with Gasteiger partial charge in [-0.1, -0.05) is 315 Å². The fourth-order valence-corrected chi connectivity index (χ4v) is 20.0. The fourth-order valence-electron chi connectivity index (χ4n) is 20.0. The Labute approximate surface area is 709 Å². The van der Waals surface area contributed by atoms with Crippen LogP contribution >= 0.6 is 0 Å². The normalized spacial score (nSPS) is 13.4. The predicted octanol–water partition coefficient (Wildman–Crippen LogP) is 32.1. The summed E-state index contributed by atoms with van der Waals surface area (Å²) in [6.07, 6.45) is 0. The molecule has 0 aliphatic heterocycles. The second kappa shape index (κ2) is 28.8. The van der Waals surface area contributed by atoms with Crippen molar-refractivity contribution in [3.63, 3.8) is 0 Å². The van der Waals surface area contributed by atoms with Crippen LogP contribution in [0.25, 0.3) is 128 Å². The minimum absolute atomic E-state index is 0.139. The lowest BCUT2D eigenvalue weighted by Gasteiger charge is -2.29. The summed E-state index contributed by atoms with van der Waals surface area (Å²) in [7, 11) is 0. The van der Waals surface area contributed by atoms with E-state index >= 15 is 0 Å². The largest absolute Gasteiger partial charge is 0.310 e. The van der Waals surface area contributed by atoms with Gasteiger partial charge in [-0.15, -0.1) is 0 Å². The highest BCUT2D eigenvalue weighted by Crippen LogP contribution is 2.55. The number of aromatic nitrogens is 1. The number of hydrogen-bond acceptors (Lipinski definition) is 3. The van der Waals surface area contributed by atoms with Gasteiger partial charge in [0.2, 0.25) is 0 Å². The third kappa shape index (κ3) is 12.3. The second-order valence-electron chi connectivity index (χ2n) is 34.4. The Bertz CT molecular complexity index is 7230. The van der Waals surface area contributed by atoms with Crippen LogP contribution in [-0.2, 0) is 16.2 Å². The minimum atomic E-state index is -0.174. The molecule has 4 nitrogen and oxygen atoms in total. The zero-order valence-electron chi connectivity index (χ0n) is 68.7. The van der Waals surface area contributed by atoms with Crippen molar-refractivity contribution in [2.24, 2.45) is 0 Å². The number of para-hydroxylation sites is 2. The maximum absolute atomic E-state index is 2.43. The van der Waals surface area contributed by atoms with E-state index in [9.17, 15) is 0 Å².